The van der Waals surface area contributed by atoms with Crippen molar-refractivity contribution >= 4 is 16.9 Å². The Hall–Kier alpha value is -3.26. The largest absolute Gasteiger partial charge is 0.454 e. The van der Waals surface area contributed by atoms with E-state index in [4.69, 9.17) is 9.47 Å². The van der Waals surface area contributed by atoms with E-state index >= 15 is 0 Å². The minimum Gasteiger partial charge on any atom is -0.454 e. The Kier molecular flexibility index (Phi) is 5.15. The number of piperidine rings is 1. The van der Waals surface area contributed by atoms with Gasteiger partial charge in [-0.1, -0.05) is 18.2 Å². The number of nitrogens with zero attached hydrogens (tertiary/aromatic N) is 2. The standard InChI is InChI=1S/C23H26N4O4/c1-15(22(28)24-13-16-6-7-20-21(12-16)31-14-30-20)26-10-8-17(9-11-26)27-19-5-3-2-4-18(19)25-23(27)29/h2-7,12,15,17H,8-11,13-14H2,1H3,(H,24,28)(H,25,29)/t15-/m1/s1. The highest BCUT2D eigenvalue weighted by atomic mass is 16.7. The van der Waals surface area contributed by atoms with E-state index in [0.717, 1.165) is 54.0 Å². The Morgan fingerprint density at radius 3 is 2.77 bits per heavy atom. The maximum absolute atomic E-state index is 12.7. The van der Waals surface area contributed by atoms with Crippen molar-refractivity contribution in [3.05, 3.63) is 58.5 Å². The Bertz CT molecular complexity index is 1160. The number of amides is 1. The molecule has 1 atom stereocenters. The quantitative estimate of drug-likeness (QED) is 0.659. The zero-order valence-electron chi connectivity index (χ0n) is 17.5. The number of hydrogen-bond acceptors (Lipinski definition) is 5. The molecule has 1 amide bonds. The average Bonchev–Trinajstić information content (AvgIpc) is 3.40. The van der Waals surface area contributed by atoms with Crippen LogP contribution in [0.1, 0.15) is 31.4 Å². The smallest absolute Gasteiger partial charge is 0.326 e. The van der Waals surface area contributed by atoms with E-state index in [1.54, 1.807) is 0 Å². The van der Waals surface area contributed by atoms with Gasteiger partial charge in [0.15, 0.2) is 11.5 Å². The minimum atomic E-state index is -0.227. The van der Waals surface area contributed by atoms with Gasteiger partial charge in [0.25, 0.3) is 0 Å². The summed E-state index contributed by atoms with van der Waals surface area (Å²) in [6.07, 6.45) is 1.67. The third-order valence-electron chi connectivity index (χ3n) is 6.32. The molecule has 0 saturated carbocycles. The number of likely N-dealkylation sites (tertiary alicyclic amines) is 1. The second-order valence-corrected chi connectivity index (χ2v) is 8.17. The van der Waals surface area contributed by atoms with E-state index in [1.807, 2.05) is 54.0 Å². The number of carbonyl (C=O) groups excluding carboxylic acids is 1. The van der Waals surface area contributed by atoms with Crippen LogP contribution in [-0.2, 0) is 11.3 Å². The molecule has 0 unspecified atom stereocenters. The van der Waals surface area contributed by atoms with Gasteiger partial charge < -0.3 is 19.8 Å². The molecule has 8 nitrogen and oxygen atoms in total. The van der Waals surface area contributed by atoms with Crippen molar-refractivity contribution in [2.75, 3.05) is 19.9 Å². The van der Waals surface area contributed by atoms with Crippen LogP contribution in [0.5, 0.6) is 11.5 Å². The van der Waals surface area contributed by atoms with Crippen molar-refractivity contribution in [2.24, 2.45) is 0 Å². The molecule has 1 aromatic heterocycles. The van der Waals surface area contributed by atoms with Gasteiger partial charge in [-0.25, -0.2) is 4.79 Å². The van der Waals surface area contributed by atoms with Crippen LogP contribution in [0.3, 0.4) is 0 Å². The normalized spacial score (nSPS) is 17.7. The summed E-state index contributed by atoms with van der Waals surface area (Å²) in [5, 5.41) is 3.02. The molecule has 1 fully saturated rings. The molecule has 2 N–H and O–H groups in total. The molecule has 0 bridgehead atoms. The van der Waals surface area contributed by atoms with Gasteiger partial charge >= 0.3 is 5.69 Å². The van der Waals surface area contributed by atoms with Gasteiger partial charge in [-0.05, 0) is 49.6 Å². The monoisotopic (exact) mass is 422 g/mol. The summed E-state index contributed by atoms with van der Waals surface area (Å²) in [7, 11) is 0. The number of rotatable bonds is 5. The number of nitrogens with one attached hydrogen (secondary N) is 2. The molecular formula is C23H26N4O4. The lowest BCUT2D eigenvalue weighted by molar-refractivity contribution is -0.126. The SMILES string of the molecule is C[C@H](C(=O)NCc1ccc2c(c1)OCO2)N1CCC(n2c(=O)[nH]c3ccccc32)CC1. The Balaban J connectivity index is 1.18. The predicted octanol–water partition coefficient (Wildman–Crippen LogP) is 2.40. The number of aromatic amines is 1. The molecule has 2 aliphatic rings. The number of fused-ring (bicyclic) bond motifs is 2. The van der Waals surface area contributed by atoms with Crippen LogP contribution in [0, 0.1) is 0 Å². The molecule has 5 rings (SSSR count). The first-order valence-electron chi connectivity index (χ1n) is 10.7. The summed E-state index contributed by atoms with van der Waals surface area (Å²) in [5.41, 5.74) is 2.73. The van der Waals surface area contributed by atoms with E-state index in [0.29, 0.717) is 6.54 Å². The van der Waals surface area contributed by atoms with Gasteiger partial charge in [0.1, 0.15) is 0 Å². The van der Waals surface area contributed by atoms with Crippen molar-refractivity contribution in [3.63, 3.8) is 0 Å². The molecule has 0 radical (unpaired) electrons. The average molecular weight is 422 g/mol. The first-order valence-corrected chi connectivity index (χ1v) is 10.7. The number of aromatic nitrogens is 2. The maximum Gasteiger partial charge on any atom is 0.326 e. The minimum absolute atomic E-state index is 0.000350. The molecule has 2 aliphatic heterocycles. The van der Waals surface area contributed by atoms with Crippen LogP contribution in [0.2, 0.25) is 0 Å². The second kappa shape index (κ2) is 8.11. The summed E-state index contributed by atoms with van der Waals surface area (Å²) in [6.45, 7) is 4.17. The summed E-state index contributed by atoms with van der Waals surface area (Å²) in [6, 6.07) is 13.4. The molecule has 3 heterocycles. The first-order chi connectivity index (χ1) is 15.1. The number of imidazole rings is 1. The summed E-state index contributed by atoms with van der Waals surface area (Å²) < 4.78 is 12.6. The molecule has 0 spiro atoms. The zero-order chi connectivity index (χ0) is 21.4. The third-order valence-corrected chi connectivity index (χ3v) is 6.32. The van der Waals surface area contributed by atoms with Gasteiger partial charge in [0, 0.05) is 25.7 Å². The first kappa shape index (κ1) is 19.7. The fourth-order valence-electron chi connectivity index (χ4n) is 4.52. The number of benzene rings is 2. The summed E-state index contributed by atoms with van der Waals surface area (Å²) >= 11 is 0. The van der Waals surface area contributed by atoms with Crippen LogP contribution in [0.25, 0.3) is 11.0 Å². The second-order valence-electron chi connectivity index (χ2n) is 8.17. The number of carbonyl (C=O) groups is 1. The molecule has 31 heavy (non-hydrogen) atoms. The van der Waals surface area contributed by atoms with Crippen LogP contribution >= 0.6 is 0 Å². The molecule has 3 aromatic rings. The third kappa shape index (κ3) is 3.79. The lowest BCUT2D eigenvalue weighted by Crippen LogP contribution is -2.48. The molecule has 1 saturated heterocycles. The van der Waals surface area contributed by atoms with E-state index in [2.05, 4.69) is 15.2 Å². The van der Waals surface area contributed by atoms with Crippen LogP contribution in [-0.4, -0.2) is 46.3 Å². The molecular weight excluding hydrogens is 396 g/mol. The lowest BCUT2D eigenvalue weighted by atomic mass is 10.0. The lowest BCUT2D eigenvalue weighted by Gasteiger charge is -2.35. The van der Waals surface area contributed by atoms with Crippen molar-refractivity contribution in [1.82, 2.24) is 19.8 Å². The van der Waals surface area contributed by atoms with Crippen LogP contribution in [0.4, 0.5) is 0 Å². The number of para-hydroxylation sites is 2. The fourth-order valence-corrected chi connectivity index (χ4v) is 4.52. The van der Waals surface area contributed by atoms with E-state index in [-0.39, 0.29) is 30.5 Å². The van der Waals surface area contributed by atoms with Gasteiger partial charge in [0.2, 0.25) is 12.7 Å². The fraction of sp³-hybridized carbons (Fsp3) is 0.391. The predicted molar refractivity (Wildman–Crippen MR) is 116 cm³/mol. The molecule has 8 heteroatoms. The zero-order valence-corrected chi connectivity index (χ0v) is 17.5. The van der Waals surface area contributed by atoms with Gasteiger partial charge in [-0.2, -0.15) is 0 Å². The Morgan fingerprint density at radius 2 is 1.94 bits per heavy atom. The van der Waals surface area contributed by atoms with E-state index < -0.39 is 0 Å². The molecule has 162 valence electrons. The number of ether oxygens (including phenoxy) is 2. The van der Waals surface area contributed by atoms with Crippen molar-refractivity contribution in [3.8, 4) is 11.5 Å². The van der Waals surface area contributed by atoms with Crippen molar-refractivity contribution in [1.29, 1.82) is 0 Å². The summed E-state index contributed by atoms with van der Waals surface area (Å²) in [4.78, 5) is 30.3. The van der Waals surface area contributed by atoms with E-state index in [1.165, 1.54) is 0 Å². The number of hydrogen-bond donors (Lipinski definition) is 2. The molecule has 2 aromatic carbocycles. The maximum atomic E-state index is 12.7. The van der Waals surface area contributed by atoms with Crippen molar-refractivity contribution in [2.45, 2.75) is 38.4 Å². The van der Waals surface area contributed by atoms with Crippen LogP contribution in [0.15, 0.2) is 47.3 Å². The van der Waals surface area contributed by atoms with Crippen LogP contribution < -0.4 is 20.5 Å². The summed E-state index contributed by atoms with van der Waals surface area (Å²) in [5.74, 6) is 1.45. The van der Waals surface area contributed by atoms with Gasteiger partial charge in [-0.15, -0.1) is 0 Å². The van der Waals surface area contributed by atoms with Gasteiger partial charge in [0.05, 0.1) is 17.1 Å². The highest BCUT2D eigenvalue weighted by molar-refractivity contribution is 5.81. The highest BCUT2D eigenvalue weighted by Crippen LogP contribution is 2.32. The Labute approximate surface area is 179 Å². The highest BCUT2D eigenvalue weighted by Gasteiger charge is 2.28. The van der Waals surface area contributed by atoms with E-state index in [9.17, 15) is 9.59 Å². The molecule has 0 aliphatic carbocycles. The number of H-pyrrole nitrogens is 1. The topological polar surface area (TPSA) is 88.6 Å². The van der Waals surface area contributed by atoms with Gasteiger partial charge in [-0.3, -0.25) is 14.3 Å². The Morgan fingerprint density at radius 1 is 1.16 bits per heavy atom. The van der Waals surface area contributed by atoms with Crippen molar-refractivity contribution < 1.29 is 14.3 Å².